The Kier molecular flexibility index (Phi) is 8.16. The van der Waals surface area contributed by atoms with Gasteiger partial charge >= 0.3 is 0 Å². The first-order valence-corrected chi connectivity index (χ1v) is 7.87. The van der Waals surface area contributed by atoms with E-state index in [1.165, 1.54) is 0 Å². The summed E-state index contributed by atoms with van der Waals surface area (Å²) < 4.78 is 22.7. The Morgan fingerprint density at radius 2 is 1.88 bits per heavy atom. The average Bonchev–Trinajstić information content (AvgIpc) is 2.21. The third-order valence-corrected chi connectivity index (χ3v) is 3.95. The van der Waals surface area contributed by atoms with Gasteiger partial charge < -0.3 is 10.6 Å². The van der Waals surface area contributed by atoms with Gasteiger partial charge in [-0.25, -0.2) is 8.42 Å². The van der Waals surface area contributed by atoms with E-state index >= 15 is 0 Å². The van der Waals surface area contributed by atoms with E-state index in [1.807, 2.05) is 20.8 Å². The fourth-order valence-electron chi connectivity index (χ4n) is 1.22. The standard InChI is InChI=1S/C11H24N2O3S/c1-4-6-17(15,16)7-5-12-9-11(14)13-8-10(2)3/h10,12H,4-9H2,1-3H3,(H,13,14). The maximum Gasteiger partial charge on any atom is 0.233 e. The molecule has 0 aromatic carbocycles. The highest BCUT2D eigenvalue weighted by atomic mass is 32.2. The largest absolute Gasteiger partial charge is 0.355 e. The Balaban J connectivity index is 3.61. The molecule has 102 valence electrons. The maximum absolute atomic E-state index is 11.3. The number of hydrogen-bond acceptors (Lipinski definition) is 4. The smallest absolute Gasteiger partial charge is 0.233 e. The summed E-state index contributed by atoms with van der Waals surface area (Å²) >= 11 is 0. The van der Waals surface area contributed by atoms with Gasteiger partial charge in [0.1, 0.15) is 0 Å². The number of carbonyl (C=O) groups excluding carboxylic acids is 1. The van der Waals surface area contributed by atoms with Crippen LogP contribution in [0.15, 0.2) is 0 Å². The normalized spacial score (nSPS) is 11.8. The second kappa shape index (κ2) is 8.47. The van der Waals surface area contributed by atoms with Gasteiger partial charge in [-0.2, -0.15) is 0 Å². The van der Waals surface area contributed by atoms with Crippen LogP contribution in [0, 0.1) is 5.92 Å². The molecule has 17 heavy (non-hydrogen) atoms. The molecule has 0 aliphatic heterocycles. The first-order valence-electron chi connectivity index (χ1n) is 6.05. The molecular weight excluding hydrogens is 240 g/mol. The van der Waals surface area contributed by atoms with Crippen LogP contribution in [0.5, 0.6) is 0 Å². The number of amides is 1. The van der Waals surface area contributed by atoms with Gasteiger partial charge in [0.2, 0.25) is 5.91 Å². The van der Waals surface area contributed by atoms with Crippen molar-refractivity contribution in [3.63, 3.8) is 0 Å². The van der Waals surface area contributed by atoms with Crippen LogP contribution in [0.3, 0.4) is 0 Å². The minimum atomic E-state index is -2.95. The average molecular weight is 264 g/mol. The summed E-state index contributed by atoms with van der Waals surface area (Å²) in [6, 6.07) is 0. The fourth-order valence-corrected chi connectivity index (χ4v) is 2.50. The molecule has 0 aromatic heterocycles. The van der Waals surface area contributed by atoms with Crippen molar-refractivity contribution in [2.45, 2.75) is 27.2 Å². The second-order valence-electron chi connectivity index (χ2n) is 4.53. The van der Waals surface area contributed by atoms with Crippen LogP contribution in [0.1, 0.15) is 27.2 Å². The van der Waals surface area contributed by atoms with Gasteiger partial charge in [-0.1, -0.05) is 20.8 Å². The molecule has 0 fully saturated rings. The van der Waals surface area contributed by atoms with Gasteiger partial charge in [0, 0.05) is 18.8 Å². The molecule has 0 heterocycles. The maximum atomic E-state index is 11.3. The molecule has 1 amide bonds. The van der Waals surface area contributed by atoms with Crippen molar-refractivity contribution < 1.29 is 13.2 Å². The Bertz CT molecular complexity index is 313. The highest BCUT2D eigenvalue weighted by Crippen LogP contribution is 1.92. The molecule has 0 saturated heterocycles. The van der Waals surface area contributed by atoms with Crippen LogP contribution in [0.4, 0.5) is 0 Å². The minimum Gasteiger partial charge on any atom is -0.355 e. The molecule has 5 nitrogen and oxygen atoms in total. The van der Waals surface area contributed by atoms with Crippen molar-refractivity contribution in [2.75, 3.05) is 31.1 Å². The number of sulfone groups is 1. The predicted octanol–water partition coefficient (Wildman–Crippen LogP) is 0.173. The molecule has 0 aliphatic rings. The van der Waals surface area contributed by atoms with E-state index in [0.29, 0.717) is 25.4 Å². The van der Waals surface area contributed by atoms with Gasteiger partial charge in [0.05, 0.1) is 12.3 Å². The first-order chi connectivity index (χ1) is 7.87. The van der Waals surface area contributed by atoms with Gasteiger partial charge in [-0.15, -0.1) is 0 Å². The molecule has 0 aromatic rings. The van der Waals surface area contributed by atoms with E-state index in [-0.39, 0.29) is 24.0 Å². The second-order valence-corrected chi connectivity index (χ2v) is 6.83. The van der Waals surface area contributed by atoms with Crippen LogP contribution >= 0.6 is 0 Å². The Morgan fingerprint density at radius 3 is 2.41 bits per heavy atom. The first kappa shape index (κ1) is 16.4. The lowest BCUT2D eigenvalue weighted by atomic mass is 10.2. The topological polar surface area (TPSA) is 75.3 Å². The number of carbonyl (C=O) groups is 1. The summed E-state index contributed by atoms with van der Waals surface area (Å²) in [6.07, 6.45) is 0.636. The molecule has 6 heteroatoms. The van der Waals surface area contributed by atoms with Crippen molar-refractivity contribution in [3.05, 3.63) is 0 Å². The van der Waals surface area contributed by atoms with Crippen molar-refractivity contribution >= 4 is 15.7 Å². The number of nitrogens with one attached hydrogen (secondary N) is 2. The van der Waals surface area contributed by atoms with Crippen LogP contribution in [-0.4, -0.2) is 45.5 Å². The van der Waals surface area contributed by atoms with Gasteiger partial charge in [-0.3, -0.25) is 4.79 Å². The molecule has 0 bridgehead atoms. The summed E-state index contributed by atoms with van der Waals surface area (Å²) in [4.78, 5) is 11.3. The molecule has 0 unspecified atom stereocenters. The van der Waals surface area contributed by atoms with E-state index in [0.717, 1.165) is 0 Å². The third-order valence-electron chi connectivity index (χ3n) is 2.10. The van der Waals surface area contributed by atoms with E-state index in [1.54, 1.807) is 0 Å². The molecule has 0 atom stereocenters. The Labute approximate surface area is 104 Å². The molecule has 0 radical (unpaired) electrons. The monoisotopic (exact) mass is 264 g/mol. The van der Waals surface area contributed by atoms with Crippen LogP contribution in [0.25, 0.3) is 0 Å². The lowest BCUT2D eigenvalue weighted by Gasteiger charge is -2.08. The lowest BCUT2D eigenvalue weighted by Crippen LogP contribution is -2.37. The zero-order valence-electron chi connectivity index (χ0n) is 11.0. The van der Waals surface area contributed by atoms with Crippen LogP contribution in [0.2, 0.25) is 0 Å². The SMILES string of the molecule is CCCS(=O)(=O)CCNCC(=O)NCC(C)C. The lowest BCUT2D eigenvalue weighted by molar-refractivity contribution is -0.120. The predicted molar refractivity (Wildman–Crippen MR) is 69.7 cm³/mol. The van der Waals surface area contributed by atoms with Crippen LogP contribution < -0.4 is 10.6 Å². The quantitative estimate of drug-likeness (QED) is 0.582. The molecule has 2 N–H and O–H groups in total. The van der Waals surface area contributed by atoms with Crippen molar-refractivity contribution in [2.24, 2.45) is 5.92 Å². The Morgan fingerprint density at radius 1 is 1.24 bits per heavy atom. The molecule has 0 saturated carbocycles. The summed E-state index contributed by atoms with van der Waals surface area (Å²) in [6.45, 7) is 7.03. The zero-order chi connectivity index (χ0) is 13.3. The van der Waals surface area contributed by atoms with E-state index < -0.39 is 9.84 Å². The number of rotatable bonds is 9. The van der Waals surface area contributed by atoms with Gasteiger partial charge in [-0.05, 0) is 12.3 Å². The van der Waals surface area contributed by atoms with Crippen molar-refractivity contribution in [3.8, 4) is 0 Å². The summed E-state index contributed by atoms with van der Waals surface area (Å²) in [5, 5.41) is 5.59. The minimum absolute atomic E-state index is 0.0911. The highest BCUT2D eigenvalue weighted by molar-refractivity contribution is 7.91. The summed E-state index contributed by atoms with van der Waals surface area (Å²) in [5.74, 6) is 0.641. The molecule has 0 aliphatic carbocycles. The summed E-state index contributed by atoms with van der Waals surface area (Å²) in [7, 11) is -2.95. The third kappa shape index (κ3) is 10.3. The fraction of sp³-hybridized carbons (Fsp3) is 0.909. The van der Waals surface area contributed by atoms with E-state index in [4.69, 9.17) is 0 Å². The molecule has 0 spiro atoms. The molecule has 0 rings (SSSR count). The van der Waals surface area contributed by atoms with Crippen molar-refractivity contribution in [1.29, 1.82) is 0 Å². The molecular formula is C11H24N2O3S. The van der Waals surface area contributed by atoms with E-state index in [9.17, 15) is 13.2 Å². The Hall–Kier alpha value is -0.620. The zero-order valence-corrected chi connectivity index (χ0v) is 11.8. The van der Waals surface area contributed by atoms with E-state index in [2.05, 4.69) is 10.6 Å². The number of hydrogen-bond donors (Lipinski definition) is 2. The van der Waals surface area contributed by atoms with Gasteiger partial charge in [0.15, 0.2) is 9.84 Å². The van der Waals surface area contributed by atoms with Crippen molar-refractivity contribution in [1.82, 2.24) is 10.6 Å². The van der Waals surface area contributed by atoms with Gasteiger partial charge in [0.25, 0.3) is 0 Å². The summed E-state index contributed by atoms with van der Waals surface area (Å²) in [5.41, 5.74) is 0. The van der Waals surface area contributed by atoms with Crippen LogP contribution in [-0.2, 0) is 14.6 Å². The highest BCUT2D eigenvalue weighted by Gasteiger charge is 2.09.